The number of hydrogen-bond donors (Lipinski definition) is 3. The van der Waals surface area contributed by atoms with Crippen LogP contribution in [0.4, 0.5) is 5.95 Å². The van der Waals surface area contributed by atoms with E-state index in [2.05, 4.69) is 22.1 Å². The standard InChI is InChI=1S/C7H15N5/c1-5(3-2-4-8)6-10-7(9)12-11-6/h5H,2-4,8H2,1H3,(H3,9,10,11,12). The number of hydrogen-bond acceptors (Lipinski definition) is 4. The molecule has 0 saturated heterocycles. The summed E-state index contributed by atoms with van der Waals surface area (Å²) in [4.78, 5) is 4.03. The average molecular weight is 169 g/mol. The lowest BCUT2D eigenvalue weighted by atomic mass is 10.1. The van der Waals surface area contributed by atoms with E-state index >= 15 is 0 Å². The van der Waals surface area contributed by atoms with Crippen molar-refractivity contribution in [2.24, 2.45) is 5.73 Å². The van der Waals surface area contributed by atoms with Crippen LogP contribution < -0.4 is 11.5 Å². The highest BCUT2D eigenvalue weighted by Gasteiger charge is 2.08. The molecule has 1 aromatic heterocycles. The van der Waals surface area contributed by atoms with E-state index in [9.17, 15) is 0 Å². The molecule has 0 aliphatic carbocycles. The summed E-state index contributed by atoms with van der Waals surface area (Å²) in [5.41, 5.74) is 10.8. The highest BCUT2D eigenvalue weighted by atomic mass is 15.3. The molecule has 0 radical (unpaired) electrons. The Morgan fingerprint density at radius 2 is 2.33 bits per heavy atom. The minimum Gasteiger partial charge on any atom is -0.367 e. The summed E-state index contributed by atoms with van der Waals surface area (Å²) in [6.45, 7) is 2.80. The van der Waals surface area contributed by atoms with Crippen molar-refractivity contribution in [3.05, 3.63) is 5.82 Å². The minimum atomic E-state index is 0.310. The molecular formula is C7H15N5. The van der Waals surface area contributed by atoms with Crippen molar-refractivity contribution in [2.45, 2.75) is 25.7 Å². The lowest BCUT2D eigenvalue weighted by Gasteiger charge is -2.05. The zero-order valence-corrected chi connectivity index (χ0v) is 7.25. The van der Waals surface area contributed by atoms with Crippen LogP contribution in [0.1, 0.15) is 31.5 Å². The molecule has 1 heterocycles. The molecule has 0 fully saturated rings. The smallest absolute Gasteiger partial charge is 0.239 e. The summed E-state index contributed by atoms with van der Waals surface area (Å²) in [5, 5.41) is 6.54. The van der Waals surface area contributed by atoms with E-state index in [0.717, 1.165) is 18.7 Å². The zero-order valence-electron chi connectivity index (χ0n) is 7.25. The molecule has 1 unspecified atom stereocenters. The van der Waals surface area contributed by atoms with Crippen LogP contribution in [-0.2, 0) is 0 Å². The van der Waals surface area contributed by atoms with Gasteiger partial charge in [-0.05, 0) is 19.4 Å². The summed E-state index contributed by atoms with van der Waals surface area (Å²) in [5.74, 6) is 1.52. The molecule has 5 heteroatoms. The van der Waals surface area contributed by atoms with Crippen LogP contribution in [0.25, 0.3) is 0 Å². The molecule has 12 heavy (non-hydrogen) atoms. The second-order valence-corrected chi connectivity index (χ2v) is 2.91. The quantitative estimate of drug-likeness (QED) is 0.601. The Hall–Kier alpha value is -1.10. The largest absolute Gasteiger partial charge is 0.367 e. The van der Waals surface area contributed by atoms with E-state index in [1.165, 1.54) is 0 Å². The first-order chi connectivity index (χ1) is 5.74. The Balaban J connectivity index is 2.47. The lowest BCUT2D eigenvalue weighted by Crippen LogP contribution is -2.03. The Kier molecular flexibility index (Phi) is 3.04. The molecular weight excluding hydrogens is 154 g/mol. The van der Waals surface area contributed by atoms with Crippen LogP contribution in [0, 0.1) is 0 Å². The number of H-pyrrole nitrogens is 1. The van der Waals surface area contributed by atoms with E-state index in [0.29, 0.717) is 18.4 Å². The molecule has 1 atom stereocenters. The second-order valence-electron chi connectivity index (χ2n) is 2.91. The van der Waals surface area contributed by atoms with Gasteiger partial charge in [-0.2, -0.15) is 4.98 Å². The van der Waals surface area contributed by atoms with Crippen LogP contribution in [0.3, 0.4) is 0 Å². The Morgan fingerprint density at radius 1 is 1.58 bits per heavy atom. The van der Waals surface area contributed by atoms with Gasteiger partial charge in [0.15, 0.2) is 0 Å². The topological polar surface area (TPSA) is 93.6 Å². The van der Waals surface area contributed by atoms with Gasteiger partial charge in [0.05, 0.1) is 0 Å². The zero-order chi connectivity index (χ0) is 8.97. The number of nitrogens with zero attached hydrogens (tertiary/aromatic N) is 2. The van der Waals surface area contributed by atoms with Crippen molar-refractivity contribution in [1.82, 2.24) is 15.2 Å². The van der Waals surface area contributed by atoms with Gasteiger partial charge >= 0.3 is 0 Å². The fraction of sp³-hybridized carbons (Fsp3) is 0.714. The van der Waals surface area contributed by atoms with E-state index in [4.69, 9.17) is 11.5 Å². The summed E-state index contributed by atoms with van der Waals surface area (Å²) in [7, 11) is 0. The Morgan fingerprint density at radius 3 is 2.83 bits per heavy atom. The van der Waals surface area contributed by atoms with Crippen LogP contribution >= 0.6 is 0 Å². The molecule has 0 saturated carbocycles. The monoisotopic (exact) mass is 169 g/mol. The summed E-state index contributed by atoms with van der Waals surface area (Å²) < 4.78 is 0. The Bertz CT molecular complexity index is 231. The van der Waals surface area contributed by atoms with E-state index < -0.39 is 0 Å². The van der Waals surface area contributed by atoms with Gasteiger partial charge in [0.1, 0.15) is 5.82 Å². The first-order valence-electron chi connectivity index (χ1n) is 4.12. The third kappa shape index (κ3) is 2.20. The summed E-state index contributed by atoms with van der Waals surface area (Å²) in [6, 6.07) is 0. The first-order valence-corrected chi connectivity index (χ1v) is 4.12. The highest BCUT2D eigenvalue weighted by molar-refractivity contribution is 5.14. The molecule has 5 N–H and O–H groups in total. The van der Waals surface area contributed by atoms with Crippen LogP contribution in [0.2, 0.25) is 0 Å². The number of aromatic nitrogens is 3. The van der Waals surface area contributed by atoms with Gasteiger partial charge in [0.25, 0.3) is 0 Å². The van der Waals surface area contributed by atoms with Crippen molar-refractivity contribution in [2.75, 3.05) is 12.3 Å². The molecule has 1 rings (SSSR count). The maximum Gasteiger partial charge on any atom is 0.239 e. The Labute approximate surface area is 71.6 Å². The van der Waals surface area contributed by atoms with Gasteiger partial charge in [0, 0.05) is 5.92 Å². The number of nitrogens with one attached hydrogen (secondary N) is 1. The fourth-order valence-electron chi connectivity index (χ4n) is 1.07. The first kappa shape index (κ1) is 8.99. The number of nitrogen functional groups attached to an aromatic ring is 1. The third-order valence-electron chi connectivity index (χ3n) is 1.83. The molecule has 0 aliphatic rings. The van der Waals surface area contributed by atoms with E-state index in [1.807, 2.05) is 0 Å². The van der Waals surface area contributed by atoms with Gasteiger partial charge in [0.2, 0.25) is 5.95 Å². The van der Waals surface area contributed by atoms with Gasteiger partial charge < -0.3 is 11.5 Å². The lowest BCUT2D eigenvalue weighted by molar-refractivity contribution is 0.611. The predicted molar refractivity (Wildman–Crippen MR) is 47.5 cm³/mol. The molecule has 5 nitrogen and oxygen atoms in total. The van der Waals surface area contributed by atoms with Crippen molar-refractivity contribution < 1.29 is 0 Å². The molecule has 0 bridgehead atoms. The average Bonchev–Trinajstić information content (AvgIpc) is 2.47. The predicted octanol–water partition coefficient (Wildman–Crippen LogP) is 0.229. The van der Waals surface area contributed by atoms with Crippen LogP contribution in [0.5, 0.6) is 0 Å². The number of rotatable bonds is 4. The van der Waals surface area contributed by atoms with Crippen LogP contribution in [0.15, 0.2) is 0 Å². The number of nitrogens with two attached hydrogens (primary N) is 2. The van der Waals surface area contributed by atoms with Crippen molar-refractivity contribution in [1.29, 1.82) is 0 Å². The maximum atomic E-state index is 5.39. The molecule has 0 aliphatic heterocycles. The van der Waals surface area contributed by atoms with Crippen LogP contribution in [-0.4, -0.2) is 21.7 Å². The van der Waals surface area contributed by atoms with E-state index in [-0.39, 0.29) is 0 Å². The normalized spacial score (nSPS) is 13.2. The molecule has 68 valence electrons. The maximum absolute atomic E-state index is 5.39. The second kappa shape index (κ2) is 4.06. The van der Waals surface area contributed by atoms with Gasteiger partial charge in [-0.25, -0.2) is 0 Å². The minimum absolute atomic E-state index is 0.310. The number of aromatic amines is 1. The highest BCUT2D eigenvalue weighted by Crippen LogP contribution is 2.15. The van der Waals surface area contributed by atoms with Crippen molar-refractivity contribution >= 4 is 5.95 Å². The molecule has 0 amide bonds. The molecule has 0 aromatic carbocycles. The van der Waals surface area contributed by atoms with Crippen molar-refractivity contribution in [3.63, 3.8) is 0 Å². The molecule has 1 aromatic rings. The molecule has 0 spiro atoms. The SMILES string of the molecule is CC(CCCN)c1nc(N)n[nH]1. The number of anilines is 1. The third-order valence-corrected chi connectivity index (χ3v) is 1.83. The van der Waals surface area contributed by atoms with Crippen molar-refractivity contribution in [3.8, 4) is 0 Å². The summed E-state index contributed by atoms with van der Waals surface area (Å²) in [6.07, 6.45) is 2.02. The van der Waals surface area contributed by atoms with Gasteiger partial charge in [-0.1, -0.05) is 6.92 Å². The van der Waals surface area contributed by atoms with E-state index in [1.54, 1.807) is 0 Å². The fourth-order valence-corrected chi connectivity index (χ4v) is 1.07. The summed E-state index contributed by atoms with van der Waals surface area (Å²) >= 11 is 0. The van der Waals surface area contributed by atoms with Gasteiger partial charge in [-0.15, -0.1) is 5.10 Å². The van der Waals surface area contributed by atoms with Gasteiger partial charge in [-0.3, -0.25) is 5.10 Å².